The van der Waals surface area contributed by atoms with Crippen molar-refractivity contribution in [2.45, 2.75) is 26.6 Å². The van der Waals surface area contributed by atoms with Gasteiger partial charge in [0.05, 0.1) is 24.3 Å². The first kappa shape index (κ1) is 16.1. The first-order valence-corrected chi connectivity index (χ1v) is 9.03. The summed E-state index contributed by atoms with van der Waals surface area (Å²) >= 11 is 3.52. The fraction of sp³-hybridized carbons (Fsp3) is 0.200. The van der Waals surface area contributed by atoms with Gasteiger partial charge in [-0.05, 0) is 24.6 Å². The molecule has 0 atom stereocenters. The Hall–Kier alpha value is -2.40. The van der Waals surface area contributed by atoms with Crippen molar-refractivity contribution >= 4 is 21.8 Å². The molecule has 25 heavy (non-hydrogen) atoms. The van der Waals surface area contributed by atoms with E-state index in [9.17, 15) is 4.79 Å². The number of carbonyl (C=O) groups excluding carboxylic acids is 1. The van der Waals surface area contributed by atoms with E-state index in [-0.39, 0.29) is 5.91 Å². The van der Waals surface area contributed by atoms with Gasteiger partial charge in [0.25, 0.3) is 0 Å². The van der Waals surface area contributed by atoms with Gasteiger partial charge in [-0.1, -0.05) is 57.9 Å². The fourth-order valence-electron chi connectivity index (χ4n) is 3.16. The highest BCUT2D eigenvalue weighted by Crippen LogP contribution is 2.28. The lowest BCUT2D eigenvalue weighted by Gasteiger charge is -2.29. The van der Waals surface area contributed by atoms with Crippen molar-refractivity contribution in [1.29, 1.82) is 0 Å². The maximum Gasteiger partial charge on any atom is 0.243 e. The standard InChI is InChI=1S/C20H18BrN3O/c1-14-5-7-15(8-6-14)10-23-11-18-20(16-3-2-4-17(21)9-16)22-13-24(18)12-19(23)25/h2-9,13H,10-12H2,1H3. The van der Waals surface area contributed by atoms with Crippen LogP contribution in [0.15, 0.2) is 59.3 Å². The first-order valence-electron chi connectivity index (χ1n) is 8.23. The average Bonchev–Trinajstić information content (AvgIpc) is 3.00. The van der Waals surface area contributed by atoms with Crippen LogP contribution in [0.4, 0.5) is 0 Å². The van der Waals surface area contributed by atoms with Crippen LogP contribution in [0.3, 0.4) is 0 Å². The van der Waals surface area contributed by atoms with Crippen LogP contribution < -0.4 is 0 Å². The molecule has 0 fully saturated rings. The number of benzene rings is 2. The predicted molar refractivity (Wildman–Crippen MR) is 101 cm³/mol. The zero-order chi connectivity index (χ0) is 17.4. The van der Waals surface area contributed by atoms with Crippen LogP contribution in [0.25, 0.3) is 11.3 Å². The molecule has 2 heterocycles. The number of nitrogens with zero attached hydrogens (tertiary/aromatic N) is 3. The van der Waals surface area contributed by atoms with Crippen molar-refractivity contribution < 1.29 is 4.79 Å². The Balaban J connectivity index is 1.63. The van der Waals surface area contributed by atoms with Crippen molar-refractivity contribution in [3.63, 3.8) is 0 Å². The molecule has 0 spiro atoms. The van der Waals surface area contributed by atoms with Crippen LogP contribution in [0, 0.1) is 6.92 Å². The minimum absolute atomic E-state index is 0.131. The topological polar surface area (TPSA) is 38.1 Å². The van der Waals surface area contributed by atoms with Crippen LogP contribution >= 0.6 is 15.9 Å². The lowest BCUT2D eigenvalue weighted by atomic mass is 10.1. The number of carbonyl (C=O) groups is 1. The monoisotopic (exact) mass is 395 g/mol. The van der Waals surface area contributed by atoms with Crippen LogP contribution in [0.2, 0.25) is 0 Å². The molecule has 0 radical (unpaired) electrons. The number of hydrogen-bond donors (Lipinski definition) is 0. The van der Waals surface area contributed by atoms with E-state index in [1.807, 2.05) is 21.6 Å². The summed E-state index contributed by atoms with van der Waals surface area (Å²) in [5.74, 6) is 0.131. The molecule has 4 rings (SSSR count). The Bertz CT molecular complexity index is 930. The van der Waals surface area contributed by atoms with Gasteiger partial charge < -0.3 is 9.47 Å². The third-order valence-electron chi connectivity index (χ3n) is 4.54. The highest BCUT2D eigenvalue weighted by molar-refractivity contribution is 9.10. The van der Waals surface area contributed by atoms with Crippen molar-refractivity contribution in [3.8, 4) is 11.3 Å². The van der Waals surface area contributed by atoms with Crippen LogP contribution in [-0.4, -0.2) is 20.4 Å². The van der Waals surface area contributed by atoms with Crippen LogP contribution in [0.5, 0.6) is 0 Å². The summed E-state index contributed by atoms with van der Waals surface area (Å²) in [6.45, 7) is 3.62. The third kappa shape index (κ3) is 3.24. The van der Waals surface area contributed by atoms with E-state index in [2.05, 4.69) is 64.2 Å². The third-order valence-corrected chi connectivity index (χ3v) is 5.03. The summed E-state index contributed by atoms with van der Waals surface area (Å²) in [5.41, 5.74) is 5.47. The van der Waals surface area contributed by atoms with Gasteiger partial charge in [0, 0.05) is 16.6 Å². The number of rotatable bonds is 3. The van der Waals surface area contributed by atoms with E-state index in [1.54, 1.807) is 6.33 Å². The van der Waals surface area contributed by atoms with Gasteiger partial charge in [-0.3, -0.25) is 4.79 Å². The van der Waals surface area contributed by atoms with Crippen molar-refractivity contribution in [1.82, 2.24) is 14.5 Å². The van der Waals surface area contributed by atoms with Gasteiger partial charge in [0.1, 0.15) is 6.54 Å². The van der Waals surface area contributed by atoms with Crippen molar-refractivity contribution in [2.75, 3.05) is 0 Å². The molecule has 0 N–H and O–H groups in total. The van der Waals surface area contributed by atoms with Crippen LogP contribution in [0.1, 0.15) is 16.8 Å². The number of hydrogen-bond acceptors (Lipinski definition) is 2. The molecule has 126 valence electrons. The van der Waals surface area contributed by atoms with E-state index in [0.717, 1.165) is 27.0 Å². The SMILES string of the molecule is Cc1ccc(CN2Cc3c(-c4cccc(Br)c4)ncn3CC2=O)cc1. The smallest absolute Gasteiger partial charge is 0.243 e. The second-order valence-corrected chi connectivity index (χ2v) is 7.33. The second-order valence-electron chi connectivity index (χ2n) is 6.41. The Morgan fingerprint density at radius 3 is 2.68 bits per heavy atom. The van der Waals surface area contributed by atoms with E-state index in [1.165, 1.54) is 5.56 Å². The fourth-order valence-corrected chi connectivity index (χ4v) is 3.56. The molecule has 1 aromatic heterocycles. The van der Waals surface area contributed by atoms with Crippen LogP contribution in [-0.2, 0) is 24.4 Å². The maximum atomic E-state index is 12.5. The van der Waals surface area contributed by atoms with E-state index in [4.69, 9.17) is 0 Å². The largest absolute Gasteiger partial charge is 0.331 e. The Morgan fingerprint density at radius 2 is 1.92 bits per heavy atom. The Labute approximate surface area is 155 Å². The zero-order valence-electron chi connectivity index (χ0n) is 13.9. The molecule has 2 aromatic carbocycles. The summed E-state index contributed by atoms with van der Waals surface area (Å²) in [7, 11) is 0. The lowest BCUT2D eigenvalue weighted by molar-refractivity contribution is -0.134. The molecule has 1 aliphatic rings. The quantitative estimate of drug-likeness (QED) is 0.667. The normalized spacial score (nSPS) is 13.8. The molecule has 0 saturated heterocycles. The molecule has 1 aliphatic heterocycles. The molecular formula is C20H18BrN3O. The van der Waals surface area contributed by atoms with Crippen molar-refractivity contribution in [2.24, 2.45) is 0 Å². The number of aromatic nitrogens is 2. The molecule has 0 bridgehead atoms. The minimum atomic E-state index is 0.131. The Morgan fingerprint density at radius 1 is 1.12 bits per heavy atom. The molecule has 1 amide bonds. The molecular weight excluding hydrogens is 378 g/mol. The van der Waals surface area contributed by atoms with Gasteiger partial charge in [0.2, 0.25) is 5.91 Å². The average molecular weight is 396 g/mol. The van der Waals surface area contributed by atoms with E-state index in [0.29, 0.717) is 19.6 Å². The molecule has 0 saturated carbocycles. The number of fused-ring (bicyclic) bond motifs is 1. The summed E-state index contributed by atoms with van der Waals surface area (Å²) in [4.78, 5) is 19.0. The highest BCUT2D eigenvalue weighted by atomic mass is 79.9. The van der Waals surface area contributed by atoms with Gasteiger partial charge in [-0.15, -0.1) is 0 Å². The molecule has 5 heteroatoms. The highest BCUT2D eigenvalue weighted by Gasteiger charge is 2.26. The zero-order valence-corrected chi connectivity index (χ0v) is 15.5. The number of aryl methyl sites for hydroxylation is 1. The second kappa shape index (κ2) is 6.48. The van der Waals surface area contributed by atoms with Gasteiger partial charge in [0.15, 0.2) is 0 Å². The number of imidazole rings is 1. The van der Waals surface area contributed by atoms with Gasteiger partial charge in [-0.2, -0.15) is 0 Å². The summed E-state index contributed by atoms with van der Waals surface area (Å²) in [6.07, 6.45) is 1.77. The summed E-state index contributed by atoms with van der Waals surface area (Å²) < 4.78 is 2.99. The number of halogens is 1. The number of amides is 1. The van der Waals surface area contributed by atoms with Crippen molar-refractivity contribution in [3.05, 3.63) is 76.2 Å². The lowest BCUT2D eigenvalue weighted by Crippen LogP contribution is -2.38. The summed E-state index contributed by atoms with van der Waals surface area (Å²) in [6, 6.07) is 16.5. The molecule has 0 unspecified atom stereocenters. The minimum Gasteiger partial charge on any atom is -0.331 e. The first-order chi connectivity index (χ1) is 12.1. The van der Waals surface area contributed by atoms with Gasteiger partial charge in [-0.25, -0.2) is 4.98 Å². The van der Waals surface area contributed by atoms with Gasteiger partial charge >= 0.3 is 0 Å². The molecule has 0 aliphatic carbocycles. The predicted octanol–water partition coefficient (Wildman–Crippen LogP) is 4.16. The van der Waals surface area contributed by atoms with E-state index >= 15 is 0 Å². The molecule has 3 aromatic rings. The molecule has 4 nitrogen and oxygen atoms in total. The Kier molecular flexibility index (Phi) is 4.17. The van der Waals surface area contributed by atoms with E-state index < -0.39 is 0 Å². The summed E-state index contributed by atoms with van der Waals surface area (Å²) in [5, 5.41) is 0. The maximum absolute atomic E-state index is 12.5.